The minimum Gasteiger partial charge on any atom is -0.395 e. The van der Waals surface area contributed by atoms with Crippen LogP contribution in [0.25, 0.3) is 0 Å². The summed E-state index contributed by atoms with van der Waals surface area (Å²) in [7, 11) is 0. The number of aliphatic hydroxyl groups is 1. The maximum Gasteiger partial charge on any atom is 0.0672 e. The predicted molar refractivity (Wildman–Crippen MR) is 62.7 cm³/mol. The molecule has 4 unspecified atom stereocenters. The fraction of sp³-hybridized carbons (Fsp3) is 0.923. The van der Waals surface area contributed by atoms with Crippen LogP contribution >= 0.6 is 0 Å². The minimum absolute atomic E-state index is 0.184. The smallest absolute Gasteiger partial charge is 0.0672 e. The van der Waals surface area contributed by atoms with Gasteiger partial charge in [-0.15, -0.1) is 0 Å². The number of nitrogens with zero attached hydrogens (tertiary/aromatic N) is 2. The van der Waals surface area contributed by atoms with Crippen molar-refractivity contribution in [1.82, 2.24) is 4.90 Å². The molecule has 0 amide bonds. The summed E-state index contributed by atoms with van der Waals surface area (Å²) in [5, 5.41) is 18.6. The number of hydrogen-bond donors (Lipinski definition) is 1. The van der Waals surface area contributed by atoms with Crippen LogP contribution in [0.2, 0.25) is 0 Å². The van der Waals surface area contributed by atoms with Gasteiger partial charge in [0.1, 0.15) is 0 Å². The summed E-state index contributed by atoms with van der Waals surface area (Å²) in [5.41, 5.74) is 0. The monoisotopic (exact) mass is 222 g/mol. The van der Waals surface area contributed by atoms with E-state index < -0.39 is 0 Å². The lowest BCUT2D eigenvalue weighted by Crippen LogP contribution is -2.47. The molecule has 1 N–H and O–H groups in total. The molecule has 0 spiro atoms. The highest BCUT2D eigenvalue weighted by atomic mass is 16.3. The minimum atomic E-state index is 0.184. The van der Waals surface area contributed by atoms with Gasteiger partial charge in [-0.3, -0.25) is 4.90 Å². The molecule has 3 nitrogen and oxygen atoms in total. The summed E-state index contributed by atoms with van der Waals surface area (Å²) in [6.45, 7) is 3.61. The van der Waals surface area contributed by atoms with Crippen LogP contribution in [0.4, 0.5) is 0 Å². The third kappa shape index (κ3) is 2.23. The highest BCUT2D eigenvalue weighted by Crippen LogP contribution is 2.35. The first-order chi connectivity index (χ1) is 7.76. The Kier molecular flexibility index (Phi) is 3.83. The van der Waals surface area contributed by atoms with E-state index in [4.69, 9.17) is 0 Å². The topological polar surface area (TPSA) is 47.3 Å². The Morgan fingerprint density at radius 1 is 1.38 bits per heavy atom. The average Bonchev–Trinajstić information content (AvgIpc) is 2.76. The lowest BCUT2D eigenvalue weighted by Gasteiger charge is -2.40. The van der Waals surface area contributed by atoms with Gasteiger partial charge in [0.2, 0.25) is 0 Å². The molecule has 0 aromatic carbocycles. The van der Waals surface area contributed by atoms with Crippen molar-refractivity contribution in [3.63, 3.8) is 0 Å². The number of aliphatic hydroxyl groups excluding tert-OH is 1. The SMILES string of the molecule is CC1CCC(C#N)C(N2CCCC2CO)C1. The molecule has 1 heterocycles. The molecule has 2 rings (SSSR count). The largest absolute Gasteiger partial charge is 0.395 e. The highest BCUT2D eigenvalue weighted by Gasteiger charge is 2.37. The molecule has 2 fully saturated rings. The second-order valence-corrected chi connectivity index (χ2v) is 5.44. The van der Waals surface area contributed by atoms with E-state index in [0.29, 0.717) is 12.1 Å². The average molecular weight is 222 g/mol. The van der Waals surface area contributed by atoms with Gasteiger partial charge in [-0.1, -0.05) is 6.92 Å². The Morgan fingerprint density at radius 2 is 2.19 bits per heavy atom. The summed E-state index contributed by atoms with van der Waals surface area (Å²) in [4.78, 5) is 2.41. The molecule has 16 heavy (non-hydrogen) atoms. The molecule has 0 radical (unpaired) electrons. The van der Waals surface area contributed by atoms with E-state index in [0.717, 1.165) is 31.7 Å². The van der Waals surface area contributed by atoms with E-state index in [1.54, 1.807) is 0 Å². The van der Waals surface area contributed by atoms with Crippen molar-refractivity contribution >= 4 is 0 Å². The Morgan fingerprint density at radius 3 is 2.88 bits per heavy atom. The fourth-order valence-electron chi connectivity index (χ4n) is 3.36. The lowest BCUT2D eigenvalue weighted by atomic mass is 9.79. The second kappa shape index (κ2) is 5.16. The normalized spacial score (nSPS) is 40.8. The van der Waals surface area contributed by atoms with Crippen LogP contribution in [0.5, 0.6) is 0 Å². The number of hydrogen-bond acceptors (Lipinski definition) is 3. The first kappa shape index (κ1) is 11.9. The second-order valence-electron chi connectivity index (χ2n) is 5.44. The Bertz CT molecular complexity index is 274. The zero-order chi connectivity index (χ0) is 11.5. The van der Waals surface area contributed by atoms with Crippen molar-refractivity contribution in [3.05, 3.63) is 0 Å². The Hall–Kier alpha value is -0.590. The third-order valence-corrected chi connectivity index (χ3v) is 4.30. The molecule has 90 valence electrons. The van der Waals surface area contributed by atoms with E-state index in [9.17, 15) is 10.4 Å². The van der Waals surface area contributed by atoms with Gasteiger partial charge in [0.25, 0.3) is 0 Å². The fourth-order valence-corrected chi connectivity index (χ4v) is 3.36. The number of nitriles is 1. The van der Waals surface area contributed by atoms with Crippen LogP contribution in [-0.4, -0.2) is 35.2 Å². The first-order valence-corrected chi connectivity index (χ1v) is 6.52. The molecule has 0 bridgehead atoms. The Labute approximate surface area is 98.1 Å². The van der Waals surface area contributed by atoms with Crippen molar-refractivity contribution in [2.75, 3.05) is 13.2 Å². The summed E-state index contributed by atoms with van der Waals surface area (Å²) in [5.74, 6) is 0.915. The summed E-state index contributed by atoms with van der Waals surface area (Å²) >= 11 is 0. The molecule has 0 aromatic heterocycles. The van der Waals surface area contributed by atoms with Gasteiger partial charge in [0.15, 0.2) is 0 Å². The molecule has 4 atom stereocenters. The van der Waals surface area contributed by atoms with Crippen LogP contribution in [0.3, 0.4) is 0 Å². The van der Waals surface area contributed by atoms with E-state index >= 15 is 0 Å². The van der Waals surface area contributed by atoms with Gasteiger partial charge < -0.3 is 5.11 Å². The molecule has 1 saturated carbocycles. The molecule has 1 aliphatic carbocycles. The van der Waals surface area contributed by atoms with Gasteiger partial charge in [-0.2, -0.15) is 5.26 Å². The number of rotatable bonds is 2. The van der Waals surface area contributed by atoms with E-state index in [2.05, 4.69) is 17.9 Å². The molecule has 3 heteroatoms. The van der Waals surface area contributed by atoms with Crippen LogP contribution in [-0.2, 0) is 0 Å². The first-order valence-electron chi connectivity index (χ1n) is 6.52. The van der Waals surface area contributed by atoms with Gasteiger partial charge >= 0.3 is 0 Å². The third-order valence-electron chi connectivity index (χ3n) is 4.30. The van der Waals surface area contributed by atoms with Gasteiger partial charge in [0, 0.05) is 12.1 Å². The molecular formula is C13H22N2O. The zero-order valence-electron chi connectivity index (χ0n) is 10.1. The number of likely N-dealkylation sites (tertiary alicyclic amines) is 1. The summed E-state index contributed by atoms with van der Waals surface area (Å²) in [6, 6.07) is 3.18. The van der Waals surface area contributed by atoms with Gasteiger partial charge in [-0.05, 0) is 44.6 Å². The van der Waals surface area contributed by atoms with Crippen LogP contribution in [0.15, 0.2) is 0 Å². The van der Waals surface area contributed by atoms with Crippen LogP contribution < -0.4 is 0 Å². The van der Waals surface area contributed by atoms with Crippen molar-refractivity contribution in [2.45, 2.75) is 51.1 Å². The lowest BCUT2D eigenvalue weighted by molar-refractivity contribution is 0.0660. The van der Waals surface area contributed by atoms with E-state index in [1.807, 2.05) is 0 Å². The maximum atomic E-state index is 9.37. The summed E-state index contributed by atoms with van der Waals surface area (Å²) in [6.07, 6.45) is 5.63. The predicted octanol–water partition coefficient (Wildman–Crippen LogP) is 1.77. The molecule has 1 aliphatic heterocycles. The zero-order valence-corrected chi connectivity index (χ0v) is 10.1. The van der Waals surface area contributed by atoms with Crippen molar-refractivity contribution in [2.24, 2.45) is 11.8 Å². The molecule has 2 aliphatic rings. The van der Waals surface area contributed by atoms with Crippen LogP contribution in [0.1, 0.15) is 39.0 Å². The maximum absolute atomic E-state index is 9.37. The molecule has 0 aromatic rings. The van der Waals surface area contributed by atoms with Crippen LogP contribution in [0, 0.1) is 23.2 Å². The standard InChI is InChI=1S/C13H22N2O/c1-10-4-5-11(8-14)13(7-10)15-6-2-3-12(15)9-16/h10-13,16H,2-7,9H2,1H3. The van der Waals surface area contributed by atoms with E-state index in [-0.39, 0.29) is 12.5 Å². The van der Waals surface area contributed by atoms with Gasteiger partial charge in [-0.25, -0.2) is 0 Å². The highest BCUT2D eigenvalue weighted by molar-refractivity contribution is 4.99. The van der Waals surface area contributed by atoms with Crippen molar-refractivity contribution < 1.29 is 5.11 Å². The Balaban J connectivity index is 2.07. The molecular weight excluding hydrogens is 200 g/mol. The van der Waals surface area contributed by atoms with E-state index in [1.165, 1.54) is 12.8 Å². The van der Waals surface area contributed by atoms with Gasteiger partial charge in [0.05, 0.1) is 18.6 Å². The summed E-state index contributed by atoms with van der Waals surface area (Å²) < 4.78 is 0. The van der Waals surface area contributed by atoms with Crippen molar-refractivity contribution in [3.8, 4) is 6.07 Å². The molecule has 1 saturated heterocycles. The van der Waals surface area contributed by atoms with Crippen molar-refractivity contribution in [1.29, 1.82) is 5.26 Å². The quantitative estimate of drug-likeness (QED) is 0.774.